The second-order valence-corrected chi connectivity index (χ2v) is 7.08. The van der Waals surface area contributed by atoms with Crippen LogP contribution in [0.15, 0.2) is 30.3 Å². The lowest BCUT2D eigenvalue weighted by Crippen LogP contribution is -2.45. The molecule has 0 bridgehead atoms. The van der Waals surface area contributed by atoms with Gasteiger partial charge in [0.05, 0.1) is 6.61 Å². The van der Waals surface area contributed by atoms with Crippen LogP contribution in [0.3, 0.4) is 0 Å². The van der Waals surface area contributed by atoms with Gasteiger partial charge in [0.2, 0.25) is 0 Å². The van der Waals surface area contributed by atoms with E-state index in [4.69, 9.17) is 19.3 Å². The Bertz CT molecular complexity index is 670. The van der Waals surface area contributed by atoms with Crippen molar-refractivity contribution in [3.8, 4) is 0 Å². The van der Waals surface area contributed by atoms with E-state index in [1.807, 2.05) is 30.3 Å². The zero-order valence-corrected chi connectivity index (χ0v) is 16.8. The molecular formula is C20H29NO9. The molecule has 0 spiro atoms. The van der Waals surface area contributed by atoms with E-state index in [9.17, 15) is 24.9 Å². The van der Waals surface area contributed by atoms with Crippen molar-refractivity contribution in [2.24, 2.45) is 0 Å². The summed E-state index contributed by atoms with van der Waals surface area (Å²) >= 11 is 0. The molecule has 10 heteroatoms. The first-order valence-electron chi connectivity index (χ1n) is 9.78. The van der Waals surface area contributed by atoms with Crippen LogP contribution in [0.4, 0.5) is 4.79 Å². The molecule has 30 heavy (non-hydrogen) atoms. The van der Waals surface area contributed by atoms with Gasteiger partial charge in [-0.25, -0.2) is 9.59 Å². The number of aliphatic hydroxyl groups excluding tert-OH is 4. The average molecular weight is 427 g/mol. The minimum Gasteiger partial charge on any atom is -0.461 e. The van der Waals surface area contributed by atoms with Crippen molar-refractivity contribution in [2.45, 2.75) is 57.0 Å². The second kappa shape index (κ2) is 11.8. The van der Waals surface area contributed by atoms with Gasteiger partial charge in [-0.15, -0.1) is 0 Å². The number of carbonyl (C=O) groups is 2. The number of benzene rings is 1. The molecular weight excluding hydrogens is 398 g/mol. The van der Waals surface area contributed by atoms with E-state index in [1.165, 1.54) is 11.8 Å². The van der Waals surface area contributed by atoms with Gasteiger partial charge in [0.1, 0.15) is 37.6 Å². The zero-order valence-electron chi connectivity index (χ0n) is 16.8. The molecule has 1 heterocycles. The van der Waals surface area contributed by atoms with Gasteiger partial charge in [-0.05, 0) is 25.3 Å². The standard InChI is InChI=1S/C20H29NO9/c1-13(23)18(25)30-17(16(24)10-22)12-28-19(26)15-8-5-9-21(15)20(27)29-11-14-6-3-2-4-7-14/h2-4,6-7,13,15-18,22-25H,5,8-12H2,1H3/t13?,15-,16+,17?,18+/m0/s1. The Morgan fingerprint density at radius 3 is 2.50 bits per heavy atom. The maximum absolute atomic E-state index is 12.5. The highest BCUT2D eigenvalue weighted by Gasteiger charge is 2.37. The largest absolute Gasteiger partial charge is 0.461 e. The molecule has 168 valence electrons. The SMILES string of the molecule is CC(O)[C@H](O)OC(COC(=O)[C@@H]1CCCN1C(=O)OCc1ccccc1)[C@H](O)CO. The third kappa shape index (κ3) is 6.92. The summed E-state index contributed by atoms with van der Waals surface area (Å²) in [6.45, 7) is 0.515. The fourth-order valence-electron chi connectivity index (χ4n) is 2.94. The lowest BCUT2D eigenvalue weighted by atomic mass is 10.2. The fraction of sp³-hybridized carbons (Fsp3) is 0.600. The van der Waals surface area contributed by atoms with Crippen molar-refractivity contribution in [3.63, 3.8) is 0 Å². The Balaban J connectivity index is 1.89. The maximum Gasteiger partial charge on any atom is 0.410 e. The number of rotatable bonds is 10. The Morgan fingerprint density at radius 2 is 1.87 bits per heavy atom. The Labute approximate surface area is 174 Å². The summed E-state index contributed by atoms with van der Waals surface area (Å²) in [5, 5.41) is 37.8. The monoisotopic (exact) mass is 427 g/mol. The Hall–Kier alpha value is -2.24. The quantitative estimate of drug-likeness (QED) is 0.294. The third-order valence-electron chi connectivity index (χ3n) is 4.70. The van der Waals surface area contributed by atoms with Gasteiger partial charge in [0, 0.05) is 6.54 Å². The average Bonchev–Trinajstić information content (AvgIpc) is 3.24. The van der Waals surface area contributed by atoms with Crippen LogP contribution in [0.2, 0.25) is 0 Å². The molecule has 0 saturated carbocycles. The lowest BCUT2D eigenvalue weighted by Gasteiger charge is -2.27. The molecule has 2 rings (SSSR count). The number of hydrogen-bond donors (Lipinski definition) is 4. The van der Waals surface area contributed by atoms with Gasteiger partial charge in [0.15, 0.2) is 6.29 Å². The number of amides is 1. The second-order valence-electron chi connectivity index (χ2n) is 7.08. The summed E-state index contributed by atoms with van der Waals surface area (Å²) < 4.78 is 15.5. The van der Waals surface area contributed by atoms with Crippen molar-refractivity contribution in [1.82, 2.24) is 4.90 Å². The van der Waals surface area contributed by atoms with Crippen LogP contribution >= 0.6 is 0 Å². The molecule has 1 aliphatic rings. The van der Waals surface area contributed by atoms with Crippen LogP contribution in [0, 0.1) is 0 Å². The summed E-state index contributed by atoms with van der Waals surface area (Å²) in [5.74, 6) is -0.713. The summed E-state index contributed by atoms with van der Waals surface area (Å²) in [6.07, 6.45) is -5.23. The molecule has 1 saturated heterocycles. The molecule has 1 aromatic rings. The van der Waals surface area contributed by atoms with E-state index in [-0.39, 0.29) is 6.61 Å². The predicted molar refractivity (Wildman–Crippen MR) is 103 cm³/mol. The molecule has 5 atom stereocenters. The molecule has 0 radical (unpaired) electrons. The van der Waals surface area contributed by atoms with Gasteiger partial charge >= 0.3 is 12.1 Å². The molecule has 1 fully saturated rings. The minimum atomic E-state index is -1.63. The van der Waals surface area contributed by atoms with Gasteiger partial charge in [0.25, 0.3) is 0 Å². The topological polar surface area (TPSA) is 146 Å². The van der Waals surface area contributed by atoms with Crippen LogP contribution in [0.25, 0.3) is 0 Å². The lowest BCUT2D eigenvalue weighted by molar-refractivity contribution is -0.218. The molecule has 0 aromatic heterocycles. The Morgan fingerprint density at radius 1 is 1.17 bits per heavy atom. The summed E-state index contributed by atoms with van der Waals surface area (Å²) in [7, 11) is 0. The molecule has 0 aliphatic carbocycles. The van der Waals surface area contributed by atoms with Crippen molar-refractivity contribution >= 4 is 12.1 Å². The van der Waals surface area contributed by atoms with Crippen molar-refractivity contribution in [2.75, 3.05) is 19.8 Å². The van der Waals surface area contributed by atoms with Crippen LogP contribution < -0.4 is 0 Å². The van der Waals surface area contributed by atoms with E-state index in [0.717, 1.165) is 5.56 Å². The summed E-state index contributed by atoms with van der Waals surface area (Å²) in [6, 6.07) is 8.29. The molecule has 2 unspecified atom stereocenters. The summed E-state index contributed by atoms with van der Waals surface area (Å²) in [4.78, 5) is 26.2. The van der Waals surface area contributed by atoms with Gasteiger partial charge in [-0.2, -0.15) is 0 Å². The van der Waals surface area contributed by atoms with Gasteiger partial charge in [-0.1, -0.05) is 30.3 Å². The van der Waals surface area contributed by atoms with E-state index >= 15 is 0 Å². The zero-order chi connectivity index (χ0) is 22.1. The number of ether oxygens (including phenoxy) is 3. The first-order valence-corrected chi connectivity index (χ1v) is 9.78. The Kier molecular flexibility index (Phi) is 9.47. The van der Waals surface area contributed by atoms with Crippen LogP contribution in [0.5, 0.6) is 0 Å². The number of nitrogens with zero attached hydrogens (tertiary/aromatic N) is 1. The van der Waals surface area contributed by atoms with E-state index in [0.29, 0.717) is 19.4 Å². The smallest absolute Gasteiger partial charge is 0.410 e. The van der Waals surface area contributed by atoms with Crippen LogP contribution in [-0.4, -0.2) is 87.8 Å². The van der Waals surface area contributed by atoms with Crippen LogP contribution in [-0.2, 0) is 25.6 Å². The highest BCUT2D eigenvalue weighted by Crippen LogP contribution is 2.20. The maximum atomic E-state index is 12.5. The highest BCUT2D eigenvalue weighted by atomic mass is 16.6. The van der Waals surface area contributed by atoms with Gasteiger partial charge in [-0.3, -0.25) is 4.90 Å². The number of hydrogen-bond acceptors (Lipinski definition) is 9. The van der Waals surface area contributed by atoms with E-state index in [1.54, 1.807) is 0 Å². The number of carbonyl (C=O) groups excluding carboxylic acids is 2. The fourth-order valence-corrected chi connectivity index (χ4v) is 2.94. The third-order valence-corrected chi connectivity index (χ3v) is 4.70. The number of esters is 1. The van der Waals surface area contributed by atoms with Crippen molar-refractivity contribution in [3.05, 3.63) is 35.9 Å². The first-order chi connectivity index (χ1) is 14.3. The van der Waals surface area contributed by atoms with E-state index < -0.39 is 55.9 Å². The van der Waals surface area contributed by atoms with Crippen molar-refractivity contribution in [1.29, 1.82) is 0 Å². The van der Waals surface area contributed by atoms with Crippen LogP contribution in [0.1, 0.15) is 25.3 Å². The predicted octanol–water partition coefficient (Wildman–Crippen LogP) is -0.232. The summed E-state index contributed by atoms with van der Waals surface area (Å²) in [5.41, 5.74) is 0.818. The normalized spacial score (nSPS) is 20.3. The highest BCUT2D eigenvalue weighted by molar-refractivity contribution is 5.82. The molecule has 4 N–H and O–H groups in total. The van der Waals surface area contributed by atoms with Crippen molar-refractivity contribution < 1.29 is 44.2 Å². The van der Waals surface area contributed by atoms with E-state index in [2.05, 4.69) is 0 Å². The number of aliphatic hydroxyl groups is 4. The van der Waals surface area contributed by atoms with Gasteiger partial charge < -0.3 is 34.6 Å². The molecule has 1 aromatic carbocycles. The minimum absolute atomic E-state index is 0.0772. The molecule has 1 amide bonds. The first kappa shape index (κ1) is 24.0. The number of likely N-dealkylation sites (tertiary alicyclic amines) is 1. The molecule has 1 aliphatic heterocycles. The molecule has 10 nitrogen and oxygen atoms in total.